The van der Waals surface area contributed by atoms with E-state index in [9.17, 15) is 0 Å². The number of aryl methyl sites for hydroxylation is 1. The third-order valence-corrected chi connectivity index (χ3v) is 4.23. The van der Waals surface area contributed by atoms with Crippen molar-refractivity contribution < 1.29 is 5.11 Å². The number of thiophene rings is 1. The number of hydrogen-bond donors (Lipinski definition) is 2. The normalized spacial score (nSPS) is 10.9. The van der Waals surface area contributed by atoms with Crippen LogP contribution < -0.4 is 5.32 Å². The van der Waals surface area contributed by atoms with Crippen LogP contribution in [0, 0.1) is 13.8 Å². The van der Waals surface area contributed by atoms with Crippen molar-refractivity contribution in [3.8, 4) is 0 Å². The number of rotatable bonds is 5. The Kier molecular flexibility index (Phi) is 4.27. The van der Waals surface area contributed by atoms with Gasteiger partial charge in [-0.3, -0.25) is 0 Å². The van der Waals surface area contributed by atoms with Gasteiger partial charge in [-0.15, -0.1) is 11.3 Å². The molecule has 0 aliphatic rings. The van der Waals surface area contributed by atoms with Gasteiger partial charge in [-0.25, -0.2) is 4.68 Å². The van der Waals surface area contributed by atoms with E-state index in [1.807, 2.05) is 25.3 Å². The van der Waals surface area contributed by atoms with Crippen molar-refractivity contribution in [2.45, 2.75) is 26.9 Å². The third kappa shape index (κ3) is 2.68. The number of hydrogen-bond acceptors (Lipinski definition) is 4. The zero-order valence-electron chi connectivity index (χ0n) is 10.4. The smallest absolute Gasteiger partial charge is 0.127 e. The van der Waals surface area contributed by atoms with Crippen molar-refractivity contribution in [3.05, 3.63) is 32.6 Å². The van der Waals surface area contributed by atoms with Gasteiger partial charge in [-0.2, -0.15) is 5.10 Å². The molecule has 0 aliphatic heterocycles. The molecule has 6 heteroatoms. The van der Waals surface area contributed by atoms with E-state index in [-0.39, 0.29) is 6.61 Å². The second-order valence-electron chi connectivity index (χ2n) is 4.05. The summed E-state index contributed by atoms with van der Waals surface area (Å²) in [5.41, 5.74) is 2.08. The van der Waals surface area contributed by atoms with Crippen LogP contribution in [-0.4, -0.2) is 21.5 Å². The second kappa shape index (κ2) is 5.73. The van der Waals surface area contributed by atoms with E-state index >= 15 is 0 Å². The van der Waals surface area contributed by atoms with Crippen LogP contribution in [0.1, 0.15) is 16.1 Å². The molecule has 2 aromatic heterocycles. The van der Waals surface area contributed by atoms with E-state index in [0.29, 0.717) is 13.1 Å². The Morgan fingerprint density at radius 2 is 2.28 bits per heavy atom. The molecule has 0 radical (unpaired) electrons. The van der Waals surface area contributed by atoms with Gasteiger partial charge < -0.3 is 10.4 Å². The molecule has 2 rings (SSSR count). The highest BCUT2D eigenvalue weighted by atomic mass is 35.5. The maximum absolute atomic E-state index is 9.03. The molecular formula is C12H16ClN3OS. The zero-order valence-corrected chi connectivity index (χ0v) is 12.0. The third-order valence-electron chi connectivity index (χ3n) is 2.85. The van der Waals surface area contributed by atoms with E-state index < -0.39 is 0 Å². The molecule has 2 heterocycles. The van der Waals surface area contributed by atoms with E-state index in [1.165, 1.54) is 0 Å². The first-order valence-corrected chi connectivity index (χ1v) is 7.00. The molecule has 18 heavy (non-hydrogen) atoms. The fraction of sp³-hybridized carbons (Fsp3) is 0.417. The van der Waals surface area contributed by atoms with Crippen molar-refractivity contribution in [2.75, 3.05) is 11.9 Å². The van der Waals surface area contributed by atoms with Crippen LogP contribution in [0.5, 0.6) is 0 Å². The summed E-state index contributed by atoms with van der Waals surface area (Å²) in [4.78, 5) is 1.10. The summed E-state index contributed by atoms with van der Waals surface area (Å²) < 4.78 is 1.80. The van der Waals surface area contributed by atoms with Gasteiger partial charge >= 0.3 is 0 Å². The number of aromatic nitrogens is 2. The molecule has 0 saturated heterocycles. The van der Waals surface area contributed by atoms with Crippen molar-refractivity contribution in [1.29, 1.82) is 0 Å². The molecule has 0 saturated carbocycles. The van der Waals surface area contributed by atoms with E-state index in [4.69, 9.17) is 16.7 Å². The summed E-state index contributed by atoms with van der Waals surface area (Å²) in [7, 11) is 0. The number of aliphatic hydroxyl groups excluding tert-OH is 1. The molecule has 2 N–H and O–H groups in total. The summed E-state index contributed by atoms with van der Waals surface area (Å²) in [5, 5.41) is 19.5. The maximum Gasteiger partial charge on any atom is 0.127 e. The molecule has 4 nitrogen and oxygen atoms in total. The van der Waals surface area contributed by atoms with Crippen molar-refractivity contribution in [1.82, 2.24) is 9.78 Å². The number of nitrogens with one attached hydrogen (secondary N) is 1. The average molecular weight is 286 g/mol. The van der Waals surface area contributed by atoms with Crippen LogP contribution in [-0.2, 0) is 13.1 Å². The summed E-state index contributed by atoms with van der Waals surface area (Å²) in [6.45, 7) is 5.24. The molecule has 2 aromatic rings. The molecule has 0 aliphatic carbocycles. The van der Waals surface area contributed by atoms with Crippen molar-refractivity contribution in [3.63, 3.8) is 0 Å². The van der Waals surface area contributed by atoms with Crippen LogP contribution in [0.4, 0.5) is 5.82 Å². The summed E-state index contributed by atoms with van der Waals surface area (Å²) in [6, 6.07) is 1.90. The van der Waals surface area contributed by atoms with Gasteiger partial charge in [0.15, 0.2) is 0 Å². The predicted octanol–water partition coefficient (Wildman–Crippen LogP) is 2.82. The first-order valence-electron chi connectivity index (χ1n) is 5.74. The minimum Gasteiger partial charge on any atom is -0.394 e. The number of halogens is 1. The lowest BCUT2D eigenvalue weighted by Gasteiger charge is -2.09. The summed E-state index contributed by atoms with van der Waals surface area (Å²) in [5.74, 6) is 0.950. The van der Waals surface area contributed by atoms with Crippen LogP contribution in [0.25, 0.3) is 0 Å². The highest BCUT2D eigenvalue weighted by Crippen LogP contribution is 2.24. The Hall–Kier alpha value is -1.04. The number of aliphatic hydroxyl groups is 1. The maximum atomic E-state index is 9.03. The molecule has 0 amide bonds. The van der Waals surface area contributed by atoms with Gasteiger partial charge in [0.25, 0.3) is 0 Å². The SMILES string of the molecule is Cc1nn(CCO)c(NCc2sccc2Cl)c1C. The summed E-state index contributed by atoms with van der Waals surface area (Å²) in [6.07, 6.45) is 0. The van der Waals surface area contributed by atoms with Crippen molar-refractivity contribution >= 4 is 28.8 Å². The standard InChI is InChI=1S/C12H16ClN3OS/c1-8-9(2)15-16(4-5-17)12(8)14-7-11-10(13)3-6-18-11/h3,6,14,17H,4-5,7H2,1-2H3. The highest BCUT2D eigenvalue weighted by molar-refractivity contribution is 7.10. The lowest BCUT2D eigenvalue weighted by atomic mass is 10.3. The molecule has 0 aromatic carbocycles. The minimum atomic E-state index is 0.0784. The Balaban J connectivity index is 2.15. The van der Waals surface area contributed by atoms with Gasteiger partial charge in [0.05, 0.1) is 30.4 Å². The molecule has 0 bridgehead atoms. The second-order valence-corrected chi connectivity index (χ2v) is 5.46. The van der Waals surface area contributed by atoms with Gasteiger partial charge in [-0.05, 0) is 25.3 Å². The Bertz CT molecular complexity index is 535. The Morgan fingerprint density at radius 3 is 2.89 bits per heavy atom. The molecule has 0 fully saturated rings. The zero-order chi connectivity index (χ0) is 13.1. The summed E-state index contributed by atoms with van der Waals surface area (Å²) >= 11 is 7.69. The minimum absolute atomic E-state index is 0.0784. The van der Waals surface area contributed by atoms with Crippen LogP contribution >= 0.6 is 22.9 Å². The number of nitrogens with zero attached hydrogens (tertiary/aromatic N) is 2. The van der Waals surface area contributed by atoms with Gasteiger partial charge in [-0.1, -0.05) is 11.6 Å². The molecule has 0 atom stereocenters. The van der Waals surface area contributed by atoms with Crippen LogP contribution in [0.2, 0.25) is 5.02 Å². The van der Waals surface area contributed by atoms with E-state index in [2.05, 4.69) is 10.4 Å². The fourth-order valence-corrected chi connectivity index (χ4v) is 2.81. The van der Waals surface area contributed by atoms with E-state index in [0.717, 1.165) is 27.0 Å². The monoisotopic (exact) mass is 285 g/mol. The average Bonchev–Trinajstić information content (AvgIpc) is 2.85. The Morgan fingerprint density at radius 1 is 1.50 bits per heavy atom. The molecular weight excluding hydrogens is 270 g/mol. The van der Waals surface area contributed by atoms with Gasteiger partial charge in [0.1, 0.15) is 5.82 Å². The fourth-order valence-electron chi connectivity index (χ4n) is 1.77. The lowest BCUT2D eigenvalue weighted by Crippen LogP contribution is -2.10. The Labute approximate surface area is 115 Å². The topological polar surface area (TPSA) is 50.1 Å². The first kappa shape index (κ1) is 13.4. The molecule has 98 valence electrons. The largest absolute Gasteiger partial charge is 0.394 e. The predicted molar refractivity (Wildman–Crippen MR) is 75.4 cm³/mol. The van der Waals surface area contributed by atoms with Crippen molar-refractivity contribution in [2.24, 2.45) is 0 Å². The first-order chi connectivity index (χ1) is 8.63. The molecule has 0 spiro atoms. The number of anilines is 1. The molecule has 0 unspecified atom stereocenters. The van der Waals surface area contributed by atoms with Crippen LogP contribution in [0.3, 0.4) is 0 Å². The van der Waals surface area contributed by atoms with Gasteiger partial charge in [0.2, 0.25) is 0 Å². The van der Waals surface area contributed by atoms with E-state index in [1.54, 1.807) is 16.0 Å². The highest BCUT2D eigenvalue weighted by Gasteiger charge is 2.11. The van der Waals surface area contributed by atoms with Gasteiger partial charge in [0, 0.05) is 10.4 Å². The quantitative estimate of drug-likeness (QED) is 0.888. The lowest BCUT2D eigenvalue weighted by molar-refractivity contribution is 0.270. The van der Waals surface area contributed by atoms with Crippen LogP contribution in [0.15, 0.2) is 11.4 Å².